The van der Waals surface area contributed by atoms with Crippen LogP contribution in [-0.4, -0.2) is 85.8 Å². The fraction of sp³-hybridized carbons (Fsp3) is 0.500. The molecule has 3 N–H and O–H groups in total. The van der Waals surface area contributed by atoms with Crippen molar-refractivity contribution < 1.29 is 27.6 Å². The quantitative estimate of drug-likeness (QED) is 0.512. The number of benzene rings is 1. The van der Waals surface area contributed by atoms with Crippen molar-refractivity contribution in [1.82, 2.24) is 19.8 Å². The Morgan fingerprint density at radius 2 is 1.81 bits per heavy atom. The molecular formula is C20H27N5O6S. The number of nitrogens with one attached hydrogen (secondary N) is 3. The summed E-state index contributed by atoms with van der Waals surface area (Å²) < 4.78 is 25.5. The maximum Gasteiger partial charge on any atom is 0.321 e. The number of hydrogen-bond donors (Lipinski definition) is 3. The molecule has 0 aliphatic carbocycles. The van der Waals surface area contributed by atoms with Gasteiger partial charge in [-0.05, 0) is 44.0 Å². The first-order chi connectivity index (χ1) is 15.1. The molecule has 0 spiro atoms. The molecule has 2 atom stereocenters. The summed E-state index contributed by atoms with van der Waals surface area (Å²) in [6.07, 6.45) is 2.17. The molecule has 4 amide bonds. The number of urea groups is 1. The van der Waals surface area contributed by atoms with Crippen LogP contribution in [0, 0.1) is 0 Å². The van der Waals surface area contributed by atoms with E-state index in [1.807, 2.05) is 0 Å². The monoisotopic (exact) mass is 465 g/mol. The molecule has 12 heteroatoms. The van der Waals surface area contributed by atoms with E-state index in [0.717, 1.165) is 10.6 Å². The Morgan fingerprint density at radius 1 is 1.12 bits per heavy atom. The lowest BCUT2D eigenvalue weighted by atomic mass is 10.1. The molecule has 2 saturated heterocycles. The highest BCUT2D eigenvalue weighted by molar-refractivity contribution is 7.88. The molecule has 2 aliphatic rings. The summed E-state index contributed by atoms with van der Waals surface area (Å²) in [5, 5.41) is 7.98. The van der Waals surface area contributed by atoms with Crippen molar-refractivity contribution in [2.45, 2.75) is 31.8 Å². The number of Topliss-reactive ketones (excluding diaryl/α,β-unsaturated/α-hetero) is 1. The number of ketones is 1. The van der Waals surface area contributed by atoms with Crippen molar-refractivity contribution in [2.24, 2.45) is 0 Å². The average molecular weight is 466 g/mol. The second-order valence-corrected chi connectivity index (χ2v) is 9.83. The Hall–Kier alpha value is -2.99. The highest BCUT2D eigenvalue weighted by Crippen LogP contribution is 2.17. The van der Waals surface area contributed by atoms with Crippen LogP contribution >= 0.6 is 0 Å². The summed E-state index contributed by atoms with van der Waals surface area (Å²) in [5.41, 5.74) is 0.971. The molecule has 0 bridgehead atoms. The molecule has 2 heterocycles. The van der Waals surface area contributed by atoms with Gasteiger partial charge in [0, 0.05) is 37.4 Å². The van der Waals surface area contributed by atoms with Gasteiger partial charge in [-0.15, -0.1) is 0 Å². The lowest BCUT2D eigenvalue weighted by molar-refractivity contribution is -0.132. The number of amides is 4. The molecule has 0 unspecified atom stereocenters. The third kappa shape index (κ3) is 5.62. The lowest BCUT2D eigenvalue weighted by Gasteiger charge is -2.39. The number of nitrogens with zero attached hydrogens (tertiary/aromatic N) is 2. The normalized spacial score (nSPS) is 22.1. The van der Waals surface area contributed by atoms with E-state index >= 15 is 0 Å². The molecule has 174 valence electrons. The molecule has 0 radical (unpaired) electrons. The molecule has 32 heavy (non-hydrogen) atoms. The van der Waals surface area contributed by atoms with Crippen molar-refractivity contribution in [3.8, 4) is 0 Å². The zero-order chi connectivity index (χ0) is 23.5. The van der Waals surface area contributed by atoms with Gasteiger partial charge in [-0.3, -0.25) is 14.4 Å². The van der Waals surface area contributed by atoms with Crippen molar-refractivity contribution in [1.29, 1.82) is 0 Å². The standard InChI is InChI=1S/C20H27N5O6S/c1-13(26)14-5-7-15(8-6-14)22-20(29)24-10-11-25(32(2,30)31)17(12-24)19(28)23-16-4-3-9-21-18(16)27/h5-8,16-17H,3-4,9-12H2,1-2H3,(H,21,27)(H,22,29)(H,23,28)/t16-,17+/m1/s1. The summed E-state index contributed by atoms with van der Waals surface area (Å²) in [6, 6.07) is 3.97. The second kappa shape index (κ2) is 9.65. The highest BCUT2D eigenvalue weighted by atomic mass is 32.2. The van der Waals surface area contributed by atoms with Gasteiger partial charge < -0.3 is 20.9 Å². The third-order valence-electron chi connectivity index (χ3n) is 5.49. The van der Waals surface area contributed by atoms with Gasteiger partial charge in [0.1, 0.15) is 12.1 Å². The number of piperidine rings is 1. The zero-order valence-electron chi connectivity index (χ0n) is 18.0. The number of carbonyl (C=O) groups is 4. The number of hydrogen-bond acceptors (Lipinski definition) is 6. The van der Waals surface area contributed by atoms with Crippen molar-refractivity contribution in [2.75, 3.05) is 37.8 Å². The predicted octanol–water partition coefficient (Wildman–Crippen LogP) is -0.238. The SMILES string of the molecule is CC(=O)c1ccc(NC(=O)N2CCN(S(C)(=O)=O)[C@H](C(=O)N[C@@H]3CCCNC3=O)C2)cc1. The van der Waals surface area contributed by atoms with Gasteiger partial charge in [-0.1, -0.05) is 0 Å². The molecular weight excluding hydrogens is 438 g/mol. The predicted molar refractivity (Wildman–Crippen MR) is 117 cm³/mol. The molecule has 1 aromatic rings. The van der Waals surface area contributed by atoms with Crippen LogP contribution in [0.3, 0.4) is 0 Å². The van der Waals surface area contributed by atoms with Gasteiger partial charge in [0.05, 0.1) is 6.26 Å². The molecule has 2 fully saturated rings. The second-order valence-electron chi connectivity index (χ2n) is 7.89. The molecule has 0 saturated carbocycles. The minimum Gasteiger partial charge on any atom is -0.354 e. The Labute approximate surface area is 186 Å². The first-order valence-corrected chi connectivity index (χ1v) is 12.1. The Balaban J connectivity index is 1.71. The number of sulfonamides is 1. The van der Waals surface area contributed by atoms with Crippen LogP contribution in [0.2, 0.25) is 0 Å². The minimum absolute atomic E-state index is 0.0511. The van der Waals surface area contributed by atoms with E-state index in [2.05, 4.69) is 16.0 Å². The molecule has 1 aromatic carbocycles. The van der Waals surface area contributed by atoms with E-state index in [4.69, 9.17) is 0 Å². The van der Waals surface area contributed by atoms with E-state index in [1.54, 1.807) is 24.3 Å². The van der Waals surface area contributed by atoms with Crippen molar-refractivity contribution in [3.05, 3.63) is 29.8 Å². The van der Waals surface area contributed by atoms with E-state index in [9.17, 15) is 27.6 Å². The largest absolute Gasteiger partial charge is 0.354 e. The maximum atomic E-state index is 12.9. The zero-order valence-corrected chi connectivity index (χ0v) is 18.8. The Bertz CT molecular complexity index is 1010. The molecule has 2 aliphatic heterocycles. The average Bonchev–Trinajstić information content (AvgIpc) is 2.74. The highest BCUT2D eigenvalue weighted by Gasteiger charge is 2.40. The van der Waals surface area contributed by atoms with Gasteiger partial charge >= 0.3 is 6.03 Å². The fourth-order valence-electron chi connectivity index (χ4n) is 3.73. The third-order valence-corrected chi connectivity index (χ3v) is 6.78. The smallest absolute Gasteiger partial charge is 0.321 e. The van der Waals surface area contributed by atoms with Crippen LogP contribution in [0.1, 0.15) is 30.1 Å². The van der Waals surface area contributed by atoms with Gasteiger partial charge in [-0.25, -0.2) is 13.2 Å². The molecule has 11 nitrogen and oxygen atoms in total. The number of carbonyl (C=O) groups excluding carboxylic acids is 4. The fourth-order valence-corrected chi connectivity index (χ4v) is 4.77. The van der Waals surface area contributed by atoms with Crippen molar-refractivity contribution in [3.63, 3.8) is 0 Å². The van der Waals surface area contributed by atoms with E-state index in [1.165, 1.54) is 11.8 Å². The number of anilines is 1. The summed E-state index contributed by atoms with van der Waals surface area (Å²) in [7, 11) is -3.71. The van der Waals surface area contributed by atoms with E-state index < -0.39 is 34.0 Å². The first-order valence-electron chi connectivity index (χ1n) is 10.3. The van der Waals surface area contributed by atoms with E-state index in [0.29, 0.717) is 30.6 Å². The van der Waals surface area contributed by atoms with Crippen LogP contribution in [0.5, 0.6) is 0 Å². The summed E-state index contributed by atoms with van der Waals surface area (Å²) in [6.45, 7) is 1.86. The van der Waals surface area contributed by atoms with Gasteiger partial charge in [0.15, 0.2) is 5.78 Å². The summed E-state index contributed by atoms with van der Waals surface area (Å²) in [5.74, 6) is -1.03. The summed E-state index contributed by atoms with van der Waals surface area (Å²) in [4.78, 5) is 50.4. The van der Waals surface area contributed by atoms with Gasteiger partial charge in [-0.2, -0.15) is 4.31 Å². The van der Waals surface area contributed by atoms with E-state index in [-0.39, 0.29) is 31.3 Å². The Kier molecular flexibility index (Phi) is 7.14. The minimum atomic E-state index is -3.71. The van der Waals surface area contributed by atoms with Crippen LogP contribution in [-0.2, 0) is 19.6 Å². The molecule has 0 aromatic heterocycles. The summed E-state index contributed by atoms with van der Waals surface area (Å²) >= 11 is 0. The van der Waals surface area contributed by atoms with Crippen LogP contribution < -0.4 is 16.0 Å². The van der Waals surface area contributed by atoms with Gasteiger partial charge in [0.25, 0.3) is 0 Å². The van der Waals surface area contributed by atoms with Crippen LogP contribution in [0.15, 0.2) is 24.3 Å². The number of rotatable bonds is 5. The van der Waals surface area contributed by atoms with Crippen molar-refractivity contribution >= 4 is 39.3 Å². The lowest BCUT2D eigenvalue weighted by Crippen LogP contribution is -2.63. The first kappa shape index (κ1) is 23.7. The topological polar surface area (TPSA) is 145 Å². The maximum absolute atomic E-state index is 12.9. The molecule has 3 rings (SSSR count). The van der Waals surface area contributed by atoms with Crippen LogP contribution in [0.25, 0.3) is 0 Å². The van der Waals surface area contributed by atoms with Crippen LogP contribution in [0.4, 0.5) is 10.5 Å². The number of piperazine rings is 1. The Morgan fingerprint density at radius 3 is 2.41 bits per heavy atom. The van der Waals surface area contributed by atoms with Gasteiger partial charge in [0.2, 0.25) is 21.8 Å².